The first-order valence-corrected chi connectivity index (χ1v) is 6.08. The van der Waals surface area contributed by atoms with Crippen LogP contribution in [0.1, 0.15) is 19.8 Å². The van der Waals surface area contributed by atoms with E-state index >= 15 is 0 Å². The van der Waals surface area contributed by atoms with Crippen molar-refractivity contribution in [3.8, 4) is 0 Å². The SMILES string of the molecule is CC(CS(C)=O)NC(=O)CCCN. The molecule has 0 aliphatic rings. The molecule has 0 saturated carbocycles. The van der Waals surface area contributed by atoms with Gasteiger partial charge in [-0.2, -0.15) is 0 Å². The predicted octanol–water partition coefficient (Wildman–Crippen LogP) is -0.391. The number of hydrogen-bond acceptors (Lipinski definition) is 3. The van der Waals surface area contributed by atoms with Gasteiger partial charge in [-0.3, -0.25) is 9.00 Å². The molecular formula is C8H18N2O2S. The van der Waals surface area contributed by atoms with Crippen molar-refractivity contribution in [3.63, 3.8) is 0 Å². The highest BCUT2D eigenvalue weighted by molar-refractivity contribution is 7.84. The minimum atomic E-state index is -0.857. The predicted molar refractivity (Wildman–Crippen MR) is 54.8 cm³/mol. The molecule has 2 atom stereocenters. The smallest absolute Gasteiger partial charge is 0.220 e. The van der Waals surface area contributed by atoms with Crippen molar-refractivity contribution in [1.82, 2.24) is 5.32 Å². The van der Waals surface area contributed by atoms with E-state index in [9.17, 15) is 9.00 Å². The Morgan fingerprint density at radius 2 is 2.23 bits per heavy atom. The molecule has 3 N–H and O–H groups in total. The maximum atomic E-state index is 11.1. The van der Waals surface area contributed by atoms with E-state index < -0.39 is 10.8 Å². The molecule has 0 saturated heterocycles. The monoisotopic (exact) mass is 206 g/mol. The van der Waals surface area contributed by atoms with E-state index in [4.69, 9.17) is 5.73 Å². The fraction of sp³-hybridized carbons (Fsp3) is 0.875. The first kappa shape index (κ1) is 12.6. The van der Waals surface area contributed by atoms with Crippen molar-refractivity contribution in [3.05, 3.63) is 0 Å². The van der Waals surface area contributed by atoms with Gasteiger partial charge in [-0.25, -0.2) is 0 Å². The standard InChI is InChI=1S/C8H18N2O2S/c1-7(6-13(2)12)10-8(11)4-3-5-9/h7H,3-6,9H2,1-2H3,(H,10,11). The molecule has 0 aliphatic heterocycles. The largest absolute Gasteiger partial charge is 0.353 e. The van der Waals surface area contributed by atoms with Crippen molar-refractivity contribution < 1.29 is 9.00 Å². The van der Waals surface area contributed by atoms with Gasteiger partial charge in [0.2, 0.25) is 5.91 Å². The molecule has 0 fully saturated rings. The summed E-state index contributed by atoms with van der Waals surface area (Å²) in [5.41, 5.74) is 5.26. The second kappa shape index (κ2) is 7.03. The third-order valence-electron chi connectivity index (χ3n) is 1.50. The zero-order valence-electron chi connectivity index (χ0n) is 8.21. The molecule has 0 heterocycles. The molecular weight excluding hydrogens is 188 g/mol. The van der Waals surface area contributed by atoms with Crippen LogP contribution in [0.25, 0.3) is 0 Å². The van der Waals surface area contributed by atoms with Gasteiger partial charge in [0.15, 0.2) is 0 Å². The summed E-state index contributed by atoms with van der Waals surface area (Å²) >= 11 is 0. The molecule has 0 aromatic heterocycles. The van der Waals surface area contributed by atoms with Gasteiger partial charge in [0, 0.05) is 35.3 Å². The van der Waals surface area contributed by atoms with E-state index in [0.717, 1.165) is 0 Å². The van der Waals surface area contributed by atoms with Crippen LogP contribution in [0.4, 0.5) is 0 Å². The molecule has 1 amide bonds. The van der Waals surface area contributed by atoms with Crippen LogP contribution in [-0.4, -0.2) is 34.7 Å². The van der Waals surface area contributed by atoms with E-state index in [0.29, 0.717) is 25.1 Å². The lowest BCUT2D eigenvalue weighted by atomic mass is 10.3. The van der Waals surface area contributed by atoms with Crippen LogP contribution in [0.15, 0.2) is 0 Å². The first-order chi connectivity index (χ1) is 6.06. The maximum Gasteiger partial charge on any atom is 0.220 e. The highest BCUT2D eigenvalue weighted by Crippen LogP contribution is 1.90. The highest BCUT2D eigenvalue weighted by atomic mass is 32.2. The second-order valence-corrected chi connectivity index (χ2v) is 4.58. The summed E-state index contributed by atoms with van der Waals surface area (Å²) in [7, 11) is -0.857. The van der Waals surface area contributed by atoms with E-state index in [-0.39, 0.29) is 11.9 Å². The number of amides is 1. The Hall–Kier alpha value is -0.420. The minimum absolute atomic E-state index is 0.0107. The molecule has 0 spiro atoms. The lowest BCUT2D eigenvalue weighted by Crippen LogP contribution is -2.36. The number of nitrogens with one attached hydrogen (secondary N) is 1. The normalized spacial score (nSPS) is 15.0. The lowest BCUT2D eigenvalue weighted by Gasteiger charge is -2.11. The van der Waals surface area contributed by atoms with Gasteiger partial charge in [0.05, 0.1) is 0 Å². The number of carbonyl (C=O) groups excluding carboxylic acids is 1. The van der Waals surface area contributed by atoms with Crippen molar-refractivity contribution in [2.45, 2.75) is 25.8 Å². The Kier molecular flexibility index (Phi) is 6.80. The van der Waals surface area contributed by atoms with E-state index in [1.807, 2.05) is 6.92 Å². The Labute approximate surface area is 81.7 Å². The molecule has 0 radical (unpaired) electrons. The fourth-order valence-corrected chi connectivity index (χ4v) is 1.79. The fourth-order valence-electron chi connectivity index (χ4n) is 1.00. The Morgan fingerprint density at radius 3 is 2.69 bits per heavy atom. The van der Waals surface area contributed by atoms with Crippen LogP contribution >= 0.6 is 0 Å². The summed E-state index contributed by atoms with van der Waals surface area (Å²) in [4.78, 5) is 11.1. The summed E-state index contributed by atoms with van der Waals surface area (Å²) in [6, 6.07) is -0.0175. The van der Waals surface area contributed by atoms with Crippen LogP contribution in [0.3, 0.4) is 0 Å². The van der Waals surface area contributed by atoms with Crippen molar-refractivity contribution in [2.75, 3.05) is 18.6 Å². The summed E-state index contributed by atoms with van der Waals surface area (Å²) in [5.74, 6) is 0.498. The van der Waals surface area contributed by atoms with Gasteiger partial charge in [-0.1, -0.05) is 0 Å². The third kappa shape index (κ3) is 7.93. The molecule has 2 unspecified atom stereocenters. The summed E-state index contributed by atoms with van der Waals surface area (Å²) in [6.45, 7) is 2.38. The van der Waals surface area contributed by atoms with Gasteiger partial charge < -0.3 is 11.1 Å². The number of hydrogen-bond donors (Lipinski definition) is 2. The van der Waals surface area contributed by atoms with Crippen LogP contribution in [0.5, 0.6) is 0 Å². The van der Waals surface area contributed by atoms with Gasteiger partial charge in [-0.05, 0) is 19.9 Å². The second-order valence-electron chi connectivity index (χ2n) is 3.10. The van der Waals surface area contributed by atoms with Crippen molar-refractivity contribution in [1.29, 1.82) is 0 Å². The van der Waals surface area contributed by atoms with Crippen LogP contribution in [-0.2, 0) is 15.6 Å². The van der Waals surface area contributed by atoms with Crippen molar-refractivity contribution in [2.24, 2.45) is 5.73 Å². The quantitative estimate of drug-likeness (QED) is 0.621. The summed E-state index contributed by atoms with van der Waals surface area (Å²) in [6.07, 6.45) is 2.79. The van der Waals surface area contributed by atoms with E-state index in [1.165, 1.54) is 0 Å². The zero-order chi connectivity index (χ0) is 10.3. The zero-order valence-corrected chi connectivity index (χ0v) is 9.02. The molecule has 4 nitrogen and oxygen atoms in total. The Morgan fingerprint density at radius 1 is 1.62 bits per heavy atom. The molecule has 5 heteroatoms. The Bertz CT molecular complexity index is 185. The topological polar surface area (TPSA) is 72.2 Å². The number of rotatable bonds is 6. The van der Waals surface area contributed by atoms with E-state index in [2.05, 4.69) is 5.32 Å². The summed E-state index contributed by atoms with van der Waals surface area (Å²) in [5, 5.41) is 2.76. The van der Waals surface area contributed by atoms with E-state index in [1.54, 1.807) is 6.26 Å². The lowest BCUT2D eigenvalue weighted by molar-refractivity contribution is -0.121. The number of carbonyl (C=O) groups is 1. The van der Waals surface area contributed by atoms with Crippen molar-refractivity contribution >= 4 is 16.7 Å². The molecule has 13 heavy (non-hydrogen) atoms. The minimum Gasteiger partial charge on any atom is -0.353 e. The Balaban J connectivity index is 3.59. The van der Waals surface area contributed by atoms with Gasteiger partial charge >= 0.3 is 0 Å². The molecule has 0 rings (SSSR count). The van der Waals surface area contributed by atoms with Gasteiger partial charge in [-0.15, -0.1) is 0 Å². The average Bonchev–Trinajstić information content (AvgIpc) is 1.98. The molecule has 0 aromatic rings. The highest BCUT2D eigenvalue weighted by Gasteiger charge is 2.07. The first-order valence-electron chi connectivity index (χ1n) is 4.35. The third-order valence-corrected chi connectivity index (χ3v) is 2.47. The molecule has 78 valence electrons. The molecule has 0 aromatic carbocycles. The van der Waals surface area contributed by atoms with Gasteiger partial charge in [0.25, 0.3) is 0 Å². The maximum absolute atomic E-state index is 11.1. The average molecular weight is 206 g/mol. The summed E-state index contributed by atoms with van der Waals surface area (Å²) < 4.78 is 10.8. The molecule has 0 bridgehead atoms. The number of nitrogens with two attached hydrogens (primary N) is 1. The van der Waals surface area contributed by atoms with Gasteiger partial charge in [0.1, 0.15) is 0 Å². The van der Waals surface area contributed by atoms with Crippen LogP contribution in [0.2, 0.25) is 0 Å². The van der Waals surface area contributed by atoms with Crippen LogP contribution in [0, 0.1) is 0 Å². The molecule has 0 aliphatic carbocycles. The van der Waals surface area contributed by atoms with Crippen LogP contribution < -0.4 is 11.1 Å².